The van der Waals surface area contributed by atoms with Gasteiger partial charge in [-0.2, -0.15) is 0 Å². The number of halogens is 2. The van der Waals surface area contributed by atoms with Gasteiger partial charge < -0.3 is 10.6 Å². The normalized spacial score (nSPS) is 11.4. The molecular weight excluding hydrogens is 247 g/mol. The van der Waals surface area contributed by atoms with Crippen molar-refractivity contribution in [1.29, 1.82) is 0 Å². The summed E-state index contributed by atoms with van der Waals surface area (Å²) in [5, 5.41) is 6.44. The highest BCUT2D eigenvalue weighted by Gasteiger charge is 2.11. The lowest BCUT2D eigenvalue weighted by Gasteiger charge is -2.11. The molecule has 16 heavy (non-hydrogen) atoms. The quantitative estimate of drug-likeness (QED) is 0.876. The second kappa shape index (κ2) is 7.49. The maximum absolute atomic E-state index is 11.6. The third-order valence-corrected chi connectivity index (χ3v) is 2.32. The van der Waals surface area contributed by atoms with E-state index in [0.717, 1.165) is 5.69 Å². The van der Waals surface area contributed by atoms with E-state index in [1.54, 1.807) is 24.3 Å². The number of benzene rings is 1. The van der Waals surface area contributed by atoms with Crippen LogP contribution in [0.3, 0.4) is 0 Å². The zero-order valence-electron chi connectivity index (χ0n) is 9.29. The second-order valence-corrected chi connectivity index (χ2v) is 3.89. The van der Waals surface area contributed by atoms with Gasteiger partial charge in [-0.1, -0.05) is 18.5 Å². The molecule has 0 radical (unpaired) electrons. The topological polar surface area (TPSA) is 41.1 Å². The molecule has 0 heterocycles. The Kier molecular flexibility index (Phi) is 7.13. The number of carbonyl (C=O) groups excluding carboxylic acids is 1. The fourth-order valence-electron chi connectivity index (χ4n) is 1.20. The second-order valence-electron chi connectivity index (χ2n) is 3.45. The van der Waals surface area contributed by atoms with Gasteiger partial charge in [0.1, 0.15) is 0 Å². The first kappa shape index (κ1) is 15.2. The molecule has 0 saturated carbocycles. The Morgan fingerprint density at radius 1 is 1.38 bits per heavy atom. The van der Waals surface area contributed by atoms with Crippen LogP contribution in [0.2, 0.25) is 5.02 Å². The lowest BCUT2D eigenvalue weighted by molar-refractivity contribution is -0.119. The molecule has 0 aliphatic carbocycles. The summed E-state index contributed by atoms with van der Waals surface area (Å²) in [7, 11) is 1.83. The van der Waals surface area contributed by atoms with Crippen LogP contribution in [0.25, 0.3) is 0 Å². The lowest BCUT2D eigenvalue weighted by Crippen LogP contribution is -2.28. The Morgan fingerprint density at radius 2 is 1.94 bits per heavy atom. The van der Waals surface area contributed by atoms with Crippen molar-refractivity contribution in [2.45, 2.75) is 6.92 Å². The van der Waals surface area contributed by atoms with Crippen LogP contribution in [0.4, 0.5) is 5.69 Å². The average molecular weight is 263 g/mol. The largest absolute Gasteiger partial charge is 0.326 e. The zero-order chi connectivity index (χ0) is 11.3. The van der Waals surface area contributed by atoms with E-state index >= 15 is 0 Å². The highest BCUT2D eigenvalue weighted by molar-refractivity contribution is 6.30. The maximum atomic E-state index is 11.6. The SMILES string of the molecule is CNCC(C)C(=O)Nc1ccc(Cl)cc1.Cl. The molecule has 1 unspecified atom stereocenters. The first-order valence-corrected chi connectivity index (χ1v) is 5.22. The predicted molar refractivity (Wildman–Crippen MR) is 70.4 cm³/mol. The summed E-state index contributed by atoms with van der Waals surface area (Å²) in [6.45, 7) is 2.54. The summed E-state index contributed by atoms with van der Waals surface area (Å²) < 4.78 is 0. The Bertz CT molecular complexity index is 327. The van der Waals surface area contributed by atoms with Crippen LogP contribution in [0.1, 0.15) is 6.92 Å². The molecule has 2 N–H and O–H groups in total. The zero-order valence-corrected chi connectivity index (χ0v) is 10.9. The minimum absolute atomic E-state index is 0. The van der Waals surface area contributed by atoms with Gasteiger partial charge in [0.05, 0.1) is 0 Å². The molecule has 5 heteroatoms. The van der Waals surface area contributed by atoms with Crippen molar-refractivity contribution in [3.8, 4) is 0 Å². The van der Waals surface area contributed by atoms with Crippen molar-refractivity contribution in [1.82, 2.24) is 5.32 Å². The molecule has 90 valence electrons. The van der Waals surface area contributed by atoms with E-state index in [-0.39, 0.29) is 24.2 Å². The molecule has 0 aromatic heterocycles. The van der Waals surface area contributed by atoms with Crippen molar-refractivity contribution >= 4 is 35.6 Å². The van der Waals surface area contributed by atoms with Crippen LogP contribution in [0, 0.1) is 5.92 Å². The summed E-state index contributed by atoms with van der Waals surface area (Å²) >= 11 is 5.74. The fourth-order valence-corrected chi connectivity index (χ4v) is 1.32. The summed E-state index contributed by atoms with van der Waals surface area (Å²) in [6, 6.07) is 7.07. The number of hydrogen-bond donors (Lipinski definition) is 2. The van der Waals surface area contributed by atoms with E-state index in [1.165, 1.54) is 0 Å². The molecular formula is C11H16Cl2N2O. The standard InChI is InChI=1S/C11H15ClN2O.ClH/c1-8(7-13-2)11(15)14-10-5-3-9(12)4-6-10;/h3-6,8,13H,7H2,1-2H3,(H,14,15);1H. The van der Waals surface area contributed by atoms with E-state index in [1.807, 2.05) is 14.0 Å². The Hall–Kier alpha value is -0.770. The monoisotopic (exact) mass is 262 g/mol. The Morgan fingerprint density at radius 3 is 2.44 bits per heavy atom. The summed E-state index contributed by atoms with van der Waals surface area (Å²) in [5.74, 6) is -0.0441. The van der Waals surface area contributed by atoms with Gasteiger partial charge in [0.2, 0.25) is 5.91 Å². The van der Waals surface area contributed by atoms with Crippen LogP contribution >= 0.6 is 24.0 Å². The minimum Gasteiger partial charge on any atom is -0.326 e. The smallest absolute Gasteiger partial charge is 0.228 e. The van der Waals surface area contributed by atoms with Crippen molar-refractivity contribution < 1.29 is 4.79 Å². The van der Waals surface area contributed by atoms with Gasteiger partial charge in [-0.05, 0) is 31.3 Å². The molecule has 1 aromatic carbocycles. The summed E-state index contributed by atoms with van der Waals surface area (Å²) in [6.07, 6.45) is 0. The van der Waals surface area contributed by atoms with Crippen LogP contribution in [0.5, 0.6) is 0 Å². The molecule has 3 nitrogen and oxygen atoms in total. The van der Waals surface area contributed by atoms with Crippen LogP contribution in [0.15, 0.2) is 24.3 Å². The molecule has 0 fully saturated rings. The fraction of sp³-hybridized carbons (Fsp3) is 0.364. The van der Waals surface area contributed by atoms with Gasteiger partial charge in [-0.3, -0.25) is 4.79 Å². The predicted octanol–water partition coefficient (Wildman–Crippen LogP) is 2.56. The highest BCUT2D eigenvalue weighted by atomic mass is 35.5. The molecule has 0 aliphatic heterocycles. The minimum atomic E-state index is -0.0503. The Balaban J connectivity index is 0.00000225. The average Bonchev–Trinajstić information content (AvgIpc) is 2.22. The van der Waals surface area contributed by atoms with Gasteiger partial charge in [-0.25, -0.2) is 0 Å². The number of anilines is 1. The molecule has 1 aromatic rings. The number of rotatable bonds is 4. The van der Waals surface area contributed by atoms with E-state index in [2.05, 4.69) is 10.6 Å². The molecule has 0 aliphatic rings. The van der Waals surface area contributed by atoms with E-state index < -0.39 is 0 Å². The Labute approximate surface area is 107 Å². The van der Waals surface area contributed by atoms with Gasteiger partial charge in [0.15, 0.2) is 0 Å². The summed E-state index contributed by atoms with van der Waals surface area (Å²) in [4.78, 5) is 11.6. The summed E-state index contributed by atoms with van der Waals surface area (Å²) in [5.41, 5.74) is 0.771. The first-order valence-electron chi connectivity index (χ1n) is 4.84. The molecule has 1 rings (SSSR count). The maximum Gasteiger partial charge on any atom is 0.228 e. The number of hydrogen-bond acceptors (Lipinski definition) is 2. The molecule has 0 bridgehead atoms. The van der Waals surface area contributed by atoms with E-state index in [0.29, 0.717) is 11.6 Å². The third kappa shape index (κ3) is 4.84. The van der Waals surface area contributed by atoms with Crippen LogP contribution < -0.4 is 10.6 Å². The van der Waals surface area contributed by atoms with Crippen molar-refractivity contribution in [2.75, 3.05) is 18.9 Å². The number of amides is 1. The molecule has 1 amide bonds. The highest BCUT2D eigenvalue weighted by Crippen LogP contribution is 2.14. The molecule has 0 saturated heterocycles. The third-order valence-electron chi connectivity index (χ3n) is 2.07. The first-order chi connectivity index (χ1) is 7.13. The van der Waals surface area contributed by atoms with Crippen LogP contribution in [-0.4, -0.2) is 19.5 Å². The number of carbonyl (C=O) groups is 1. The van der Waals surface area contributed by atoms with Crippen LogP contribution in [-0.2, 0) is 4.79 Å². The van der Waals surface area contributed by atoms with Crippen molar-refractivity contribution in [3.05, 3.63) is 29.3 Å². The van der Waals surface area contributed by atoms with Gasteiger partial charge in [-0.15, -0.1) is 12.4 Å². The van der Waals surface area contributed by atoms with Gasteiger partial charge in [0, 0.05) is 23.2 Å². The molecule has 0 spiro atoms. The van der Waals surface area contributed by atoms with Crippen molar-refractivity contribution in [3.63, 3.8) is 0 Å². The number of nitrogens with one attached hydrogen (secondary N) is 2. The van der Waals surface area contributed by atoms with Gasteiger partial charge in [0.25, 0.3) is 0 Å². The van der Waals surface area contributed by atoms with Crippen molar-refractivity contribution in [2.24, 2.45) is 5.92 Å². The van der Waals surface area contributed by atoms with E-state index in [9.17, 15) is 4.79 Å². The van der Waals surface area contributed by atoms with E-state index in [4.69, 9.17) is 11.6 Å². The lowest BCUT2D eigenvalue weighted by atomic mass is 10.1. The van der Waals surface area contributed by atoms with Gasteiger partial charge >= 0.3 is 0 Å². The molecule has 1 atom stereocenters.